The zero-order valence-corrected chi connectivity index (χ0v) is 17.1. The third-order valence-electron chi connectivity index (χ3n) is 4.43. The summed E-state index contributed by atoms with van der Waals surface area (Å²) in [6.45, 7) is 1.55. The first-order chi connectivity index (χ1) is 14.4. The molecule has 0 bridgehead atoms. The third kappa shape index (κ3) is 5.55. The molecule has 0 radical (unpaired) electrons. The Hall–Kier alpha value is -3.44. The standard InChI is InChI=1S/C24H20ClNO4/c1-16-7-9-17(10-8-16)22(28)23(18-5-3-2-4-6-18)30-21(27)15-26-24(29)19-11-13-20(25)14-12-19/h2-14,23H,15H2,1H3,(H,26,29)/t23-/m1/s1. The number of ether oxygens (including phenoxy) is 1. The average Bonchev–Trinajstić information content (AvgIpc) is 2.77. The highest BCUT2D eigenvalue weighted by Crippen LogP contribution is 2.23. The van der Waals surface area contributed by atoms with Crippen LogP contribution >= 0.6 is 11.6 Å². The number of benzene rings is 3. The Kier molecular flexibility index (Phi) is 6.99. The van der Waals surface area contributed by atoms with E-state index in [-0.39, 0.29) is 12.3 Å². The molecule has 0 spiro atoms. The second-order valence-corrected chi connectivity index (χ2v) is 7.14. The molecule has 30 heavy (non-hydrogen) atoms. The molecule has 0 aliphatic heterocycles. The molecule has 1 N–H and O–H groups in total. The van der Waals surface area contributed by atoms with Gasteiger partial charge in [-0.25, -0.2) is 0 Å². The summed E-state index contributed by atoms with van der Waals surface area (Å²) in [5.74, 6) is -1.49. The third-order valence-corrected chi connectivity index (χ3v) is 4.68. The summed E-state index contributed by atoms with van der Waals surface area (Å²) in [5, 5.41) is 3.00. The van der Waals surface area contributed by atoms with Crippen LogP contribution in [0.5, 0.6) is 0 Å². The SMILES string of the molecule is Cc1ccc(C(=O)[C@H](OC(=O)CNC(=O)c2ccc(Cl)cc2)c2ccccc2)cc1. The summed E-state index contributed by atoms with van der Waals surface area (Å²) in [7, 11) is 0. The molecule has 3 aromatic carbocycles. The lowest BCUT2D eigenvalue weighted by atomic mass is 9.99. The summed E-state index contributed by atoms with van der Waals surface area (Å²) >= 11 is 5.81. The molecular weight excluding hydrogens is 402 g/mol. The predicted molar refractivity (Wildman–Crippen MR) is 115 cm³/mol. The van der Waals surface area contributed by atoms with E-state index in [1.165, 1.54) is 0 Å². The van der Waals surface area contributed by atoms with Crippen LogP contribution in [-0.4, -0.2) is 24.2 Å². The van der Waals surface area contributed by atoms with E-state index in [2.05, 4.69) is 5.32 Å². The van der Waals surface area contributed by atoms with Crippen molar-refractivity contribution in [3.63, 3.8) is 0 Å². The molecule has 0 aliphatic rings. The van der Waals surface area contributed by atoms with Gasteiger partial charge in [0.25, 0.3) is 5.91 Å². The molecular formula is C24H20ClNO4. The Labute approximate surface area is 179 Å². The van der Waals surface area contributed by atoms with Crippen LogP contribution in [0, 0.1) is 6.92 Å². The Balaban J connectivity index is 1.70. The molecule has 0 saturated carbocycles. The van der Waals surface area contributed by atoms with Gasteiger partial charge in [-0.2, -0.15) is 0 Å². The van der Waals surface area contributed by atoms with Crippen molar-refractivity contribution in [3.05, 3.63) is 106 Å². The van der Waals surface area contributed by atoms with Gasteiger partial charge in [-0.3, -0.25) is 14.4 Å². The van der Waals surface area contributed by atoms with Crippen LogP contribution in [0.1, 0.15) is 37.9 Å². The Morgan fingerprint density at radius 1 is 0.867 bits per heavy atom. The molecule has 3 rings (SSSR count). The van der Waals surface area contributed by atoms with Gasteiger partial charge in [0.2, 0.25) is 5.78 Å². The molecule has 0 unspecified atom stereocenters. The first-order valence-corrected chi connectivity index (χ1v) is 9.71. The maximum atomic E-state index is 13.0. The molecule has 0 heterocycles. The van der Waals surface area contributed by atoms with Crippen molar-refractivity contribution in [2.24, 2.45) is 0 Å². The zero-order valence-electron chi connectivity index (χ0n) is 16.3. The van der Waals surface area contributed by atoms with Crippen LogP contribution in [-0.2, 0) is 9.53 Å². The van der Waals surface area contributed by atoms with Gasteiger partial charge >= 0.3 is 5.97 Å². The lowest BCUT2D eigenvalue weighted by molar-refractivity contribution is -0.146. The van der Waals surface area contributed by atoms with Crippen molar-refractivity contribution in [3.8, 4) is 0 Å². The van der Waals surface area contributed by atoms with Crippen molar-refractivity contribution in [2.45, 2.75) is 13.0 Å². The number of amides is 1. The van der Waals surface area contributed by atoms with Crippen molar-refractivity contribution < 1.29 is 19.1 Å². The summed E-state index contributed by atoms with van der Waals surface area (Å²) in [4.78, 5) is 37.6. The minimum atomic E-state index is -1.10. The molecule has 0 fully saturated rings. The lowest BCUT2D eigenvalue weighted by Gasteiger charge is -2.18. The Morgan fingerprint density at radius 3 is 2.10 bits per heavy atom. The Morgan fingerprint density at radius 2 is 1.47 bits per heavy atom. The Bertz CT molecular complexity index is 1030. The van der Waals surface area contributed by atoms with Crippen LogP contribution < -0.4 is 5.32 Å². The van der Waals surface area contributed by atoms with Crippen molar-refractivity contribution in [2.75, 3.05) is 6.54 Å². The molecule has 152 valence electrons. The summed E-state index contributed by atoms with van der Waals surface area (Å²) in [5.41, 5.74) is 2.38. The van der Waals surface area contributed by atoms with Crippen LogP contribution in [0.4, 0.5) is 0 Å². The number of hydrogen-bond donors (Lipinski definition) is 1. The molecule has 5 nitrogen and oxygen atoms in total. The topological polar surface area (TPSA) is 72.5 Å². The van der Waals surface area contributed by atoms with Gasteiger partial charge in [0.15, 0.2) is 6.10 Å². The van der Waals surface area contributed by atoms with Crippen molar-refractivity contribution >= 4 is 29.3 Å². The average molecular weight is 422 g/mol. The summed E-state index contributed by atoms with van der Waals surface area (Å²) < 4.78 is 5.46. The maximum Gasteiger partial charge on any atom is 0.326 e. The van der Waals surface area contributed by atoms with Crippen LogP contribution in [0.25, 0.3) is 0 Å². The summed E-state index contributed by atoms with van der Waals surface area (Å²) in [6, 6.07) is 22.1. The van der Waals surface area contributed by atoms with Gasteiger partial charge in [0.1, 0.15) is 6.54 Å². The van der Waals surface area contributed by atoms with E-state index in [4.69, 9.17) is 16.3 Å². The van der Waals surface area contributed by atoms with Gasteiger partial charge in [0.05, 0.1) is 0 Å². The fourth-order valence-corrected chi connectivity index (χ4v) is 2.92. The van der Waals surface area contributed by atoms with Crippen molar-refractivity contribution in [1.82, 2.24) is 5.32 Å². The fourth-order valence-electron chi connectivity index (χ4n) is 2.80. The minimum absolute atomic E-state index is 0.335. The molecule has 3 aromatic rings. The smallest absolute Gasteiger partial charge is 0.326 e. The molecule has 0 aliphatic carbocycles. The number of halogens is 1. The van der Waals surface area contributed by atoms with Crippen LogP contribution in [0.15, 0.2) is 78.9 Å². The van der Waals surface area contributed by atoms with Crippen molar-refractivity contribution in [1.29, 1.82) is 0 Å². The van der Waals surface area contributed by atoms with E-state index in [1.54, 1.807) is 60.7 Å². The largest absolute Gasteiger partial charge is 0.448 e. The first kappa shape index (κ1) is 21.3. The molecule has 0 saturated heterocycles. The second kappa shape index (κ2) is 9.85. The number of aryl methyl sites for hydroxylation is 1. The first-order valence-electron chi connectivity index (χ1n) is 9.33. The van der Waals surface area contributed by atoms with E-state index in [9.17, 15) is 14.4 Å². The van der Waals surface area contributed by atoms with E-state index >= 15 is 0 Å². The number of carbonyl (C=O) groups is 3. The quantitative estimate of drug-likeness (QED) is 0.449. The van der Waals surface area contributed by atoms with E-state index in [0.717, 1.165) is 5.56 Å². The highest BCUT2D eigenvalue weighted by molar-refractivity contribution is 6.30. The van der Waals surface area contributed by atoms with Gasteiger partial charge in [-0.15, -0.1) is 0 Å². The van der Waals surface area contributed by atoms with E-state index < -0.39 is 18.0 Å². The monoisotopic (exact) mass is 421 g/mol. The highest BCUT2D eigenvalue weighted by Gasteiger charge is 2.26. The normalized spacial score (nSPS) is 11.4. The number of carbonyl (C=O) groups excluding carboxylic acids is 3. The molecule has 0 aromatic heterocycles. The van der Waals surface area contributed by atoms with Crippen LogP contribution in [0.3, 0.4) is 0 Å². The second-order valence-electron chi connectivity index (χ2n) is 6.70. The molecule has 1 atom stereocenters. The van der Waals surface area contributed by atoms with Gasteiger partial charge < -0.3 is 10.1 Å². The fraction of sp³-hybridized carbons (Fsp3) is 0.125. The minimum Gasteiger partial charge on any atom is -0.448 e. The van der Waals surface area contributed by atoms with E-state index in [0.29, 0.717) is 21.7 Å². The molecule has 6 heteroatoms. The number of nitrogens with one attached hydrogen (secondary N) is 1. The number of ketones is 1. The highest BCUT2D eigenvalue weighted by atomic mass is 35.5. The molecule has 1 amide bonds. The van der Waals surface area contributed by atoms with E-state index in [1.807, 2.05) is 25.1 Å². The van der Waals surface area contributed by atoms with Gasteiger partial charge in [0, 0.05) is 21.7 Å². The van der Waals surface area contributed by atoms with Crippen LogP contribution in [0.2, 0.25) is 5.02 Å². The summed E-state index contributed by atoms with van der Waals surface area (Å²) in [6.07, 6.45) is -1.10. The number of hydrogen-bond acceptors (Lipinski definition) is 4. The predicted octanol–water partition coefficient (Wildman–Crippen LogP) is 4.55. The van der Waals surface area contributed by atoms with Gasteiger partial charge in [-0.1, -0.05) is 71.8 Å². The number of rotatable bonds is 7. The lowest BCUT2D eigenvalue weighted by Crippen LogP contribution is -2.32. The number of Topliss-reactive ketones (excluding diaryl/α,β-unsaturated/α-hetero) is 1. The zero-order chi connectivity index (χ0) is 21.5. The maximum absolute atomic E-state index is 13.0. The van der Waals surface area contributed by atoms with Gasteiger partial charge in [-0.05, 0) is 31.2 Å². The number of esters is 1.